The summed E-state index contributed by atoms with van der Waals surface area (Å²) >= 11 is 0. The van der Waals surface area contributed by atoms with Crippen LogP contribution in [-0.4, -0.2) is 28.5 Å². The van der Waals surface area contributed by atoms with Gasteiger partial charge in [-0.3, -0.25) is 0 Å². The smallest absolute Gasteiger partial charge is 0.149 e. The van der Waals surface area contributed by atoms with Crippen LogP contribution < -0.4 is 5.32 Å². The average Bonchev–Trinajstić information content (AvgIpc) is 2.37. The van der Waals surface area contributed by atoms with Gasteiger partial charge >= 0.3 is 0 Å². The number of anilines is 1. The lowest BCUT2D eigenvalue weighted by Gasteiger charge is -2.05. The minimum Gasteiger partial charge on any atom is -0.395 e. The van der Waals surface area contributed by atoms with Crippen LogP contribution in [0.15, 0.2) is 36.5 Å². The molecule has 0 aliphatic rings. The fraction of sp³-hybridized carbons (Fsp3) is 0.167. The van der Waals surface area contributed by atoms with Crippen LogP contribution >= 0.6 is 0 Å². The molecule has 5 heteroatoms. The molecule has 2 rings (SSSR count). The summed E-state index contributed by atoms with van der Waals surface area (Å²) in [6.45, 7) is 0.448. The molecular formula is C12H12FN3O. The van der Waals surface area contributed by atoms with Crippen molar-refractivity contribution in [3.8, 4) is 11.1 Å². The van der Waals surface area contributed by atoms with Crippen molar-refractivity contribution < 1.29 is 9.50 Å². The molecule has 1 heterocycles. The van der Waals surface area contributed by atoms with Crippen LogP contribution in [0.4, 0.5) is 10.2 Å². The number of nitrogens with one attached hydrogen (secondary N) is 1. The molecule has 0 bridgehead atoms. The molecule has 1 aromatic carbocycles. The van der Waals surface area contributed by atoms with E-state index in [1.165, 1.54) is 12.1 Å². The third-order valence-electron chi connectivity index (χ3n) is 2.25. The highest BCUT2D eigenvalue weighted by Crippen LogP contribution is 2.20. The fourth-order valence-electron chi connectivity index (χ4n) is 1.44. The molecule has 0 amide bonds. The van der Waals surface area contributed by atoms with Crippen molar-refractivity contribution in [1.29, 1.82) is 0 Å². The van der Waals surface area contributed by atoms with Crippen molar-refractivity contribution in [3.05, 3.63) is 42.3 Å². The van der Waals surface area contributed by atoms with Crippen LogP contribution in [0.25, 0.3) is 11.1 Å². The lowest BCUT2D eigenvalue weighted by Crippen LogP contribution is -2.07. The maximum absolute atomic E-state index is 12.8. The van der Waals surface area contributed by atoms with E-state index in [-0.39, 0.29) is 12.4 Å². The minimum absolute atomic E-state index is 0.0302. The molecular weight excluding hydrogens is 221 g/mol. The Bertz CT molecular complexity index is 487. The molecule has 4 nitrogen and oxygen atoms in total. The standard InChI is InChI=1S/C12H12FN3O/c13-11-3-1-9(2-4-11)10-7-12(14-5-6-17)16-15-8-10/h1-4,7-8,17H,5-6H2,(H,14,16). The molecule has 17 heavy (non-hydrogen) atoms. The zero-order chi connectivity index (χ0) is 12.1. The maximum Gasteiger partial charge on any atom is 0.149 e. The fourth-order valence-corrected chi connectivity index (χ4v) is 1.44. The summed E-state index contributed by atoms with van der Waals surface area (Å²) in [4.78, 5) is 0. The summed E-state index contributed by atoms with van der Waals surface area (Å²) in [7, 11) is 0. The number of aliphatic hydroxyl groups is 1. The highest BCUT2D eigenvalue weighted by Gasteiger charge is 2.01. The number of nitrogens with zero attached hydrogens (tertiary/aromatic N) is 2. The van der Waals surface area contributed by atoms with E-state index < -0.39 is 0 Å². The van der Waals surface area contributed by atoms with E-state index in [0.717, 1.165) is 11.1 Å². The Labute approximate surface area is 98.1 Å². The molecule has 2 aromatic rings. The normalized spacial score (nSPS) is 10.2. The Morgan fingerprint density at radius 2 is 1.94 bits per heavy atom. The van der Waals surface area contributed by atoms with E-state index >= 15 is 0 Å². The van der Waals surface area contributed by atoms with Gasteiger partial charge in [0.2, 0.25) is 0 Å². The monoisotopic (exact) mass is 233 g/mol. The van der Waals surface area contributed by atoms with Gasteiger partial charge in [-0.1, -0.05) is 12.1 Å². The van der Waals surface area contributed by atoms with E-state index in [4.69, 9.17) is 5.11 Å². The first kappa shape index (κ1) is 11.5. The molecule has 2 N–H and O–H groups in total. The molecule has 0 aliphatic heterocycles. The average molecular weight is 233 g/mol. The van der Waals surface area contributed by atoms with Gasteiger partial charge in [-0.15, -0.1) is 5.10 Å². The van der Waals surface area contributed by atoms with Crippen LogP contribution in [-0.2, 0) is 0 Å². The van der Waals surface area contributed by atoms with Crippen molar-refractivity contribution in [3.63, 3.8) is 0 Å². The van der Waals surface area contributed by atoms with Crippen molar-refractivity contribution in [1.82, 2.24) is 10.2 Å². The largest absolute Gasteiger partial charge is 0.395 e. The molecule has 0 unspecified atom stereocenters. The summed E-state index contributed by atoms with van der Waals surface area (Å²) < 4.78 is 12.8. The third kappa shape index (κ3) is 2.98. The molecule has 88 valence electrons. The van der Waals surface area contributed by atoms with E-state index in [2.05, 4.69) is 15.5 Å². The van der Waals surface area contributed by atoms with E-state index in [1.54, 1.807) is 24.4 Å². The second-order valence-electron chi connectivity index (χ2n) is 3.49. The van der Waals surface area contributed by atoms with Gasteiger partial charge in [-0.05, 0) is 23.8 Å². The van der Waals surface area contributed by atoms with Gasteiger partial charge in [0, 0.05) is 12.1 Å². The van der Waals surface area contributed by atoms with Gasteiger partial charge in [0.25, 0.3) is 0 Å². The van der Waals surface area contributed by atoms with Crippen LogP contribution in [0, 0.1) is 5.82 Å². The Morgan fingerprint density at radius 3 is 2.65 bits per heavy atom. The lowest BCUT2D eigenvalue weighted by molar-refractivity contribution is 0.311. The van der Waals surface area contributed by atoms with Gasteiger partial charge < -0.3 is 10.4 Å². The molecule has 1 aromatic heterocycles. The molecule has 0 radical (unpaired) electrons. The number of hydrogen-bond acceptors (Lipinski definition) is 4. The number of rotatable bonds is 4. The zero-order valence-electron chi connectivity index (χ0n) is 9.10. The minimum atomic E-state index is -0.269. The van der Waals surface area contributed by atoms with Gasteiger partial charge in [0.1, 0.15) is 11.6 Å². The Balaban J connectivity index is 2.23. The maximum atomic E-state index is 12.8. The number of halogens is 1. The van der Waals surface area contributed by atoms with Crippen LogP contribution in [0.1, 0.15) is 0 Å². The first-order valence-corrected chi connectivity index (χ1v) is 5.23. The zero-order valence-corrected chi connectivity index (χ0v) is 9.10. The number of hydrogen-bond donors (Lipinski definition) is 2. The Kier molecular flexibility index (Phi) is 3.62. The second kappa shape index (κ2) is 5.36. The van der Waals surface area contributed by atoms with Gasteiger partial charge in [-0.25, -0.2) is 4.39 Å². The highest BCUT2D eigenvalue weighted by atomic mass is 19.1. The lowest BCUT2D eigenvalue weighted by atomic mass is 10.1. The summed E-state index contributed by atoms with van der Waals surface area (Å²) in [6, 6.07) is 7.97. The van der Waals surface area contributed by atoms with Crippen LogP contribution in [0.3, 0.4) is 0 Å². The number of benzene rings is 1. The summed E-state index contributed by atoms with van der Waals surface area (Å²) in [6.07, 6.45) is 1.61. The first-order valence-electron chi connectivity index (χ1n) is 5.23. The first-order chi connectivity index (χ1) is 8.29. The Hall–Kier alpha value is -2.01. The van der Waals surface area contributed by atoms with Crippen LogP contribution in [0.2, 0.25) is 0 Å². The molecule has 0 saturated carbocycles. The third-order valence-corrected chi connectivity index (χ3v) is 2.25. The second-order valence-corrected chi connectivity index (χ2v) is 3.49. The van der Waals surface area contributed by atoms with Crippen molar-refractivity contribution >= 4 is 5.82 Å². The van der Waals surface area contributed by atoms with Crippen LogP contribution in [0.5, 0.6) is 0 Å². The highest BCUT2D eigenvalue weighted by molar-refractivity contribution is 5.65. The topological polar surface area (TPSA) is 58.0 Å². The quantitative estimate of drug-likeness (QED) is 0.843. The molecule has 0 spiro atoms. The summed E-state index contributed by atoms with van der Waals surface area (Å²) in [5.41, 5.74) is 1.72. The number of aromatic nitrogens is 2. The van der Waals surface area contributed by atoms with Gasteiger partial charge in [0.15, 0.2) is 0 Å². The van der Waals surface area contributed by atoms with Crippen molar-refractivity contribution in [2.24, 2.45) is 0 Å². The predicted octanol–water partition coefficient (Wildman–Crippen LogP) is 1.69. The van der Waals surface area contributed by atoms with Crippen molar-refractivity contribution in [2.75, 3.05) is 18.5 Å². The van der Waals surface area contributed by atoms with E-state index in [1.807, 2.05) is 0 Å². The summed E-state index contributed by atoms with van der Waals surface area (Å²) in [5.74, 6) is 0.315. The van der Waals surface area contributed by atoms with E-state index in [9.17, 15) is 4.39 Å². The number of aliphatic hydroxyl groups excluding tert-OH is 1. The van der Waals surface area contributed by atoms with Crippen molar-refractivity contribution in [2.45, 2.75) is 0 Å². The predicted molar refractivity (Wildman–Crippen MR) is 63.0 cm³/mol. The molecule has 0 fully saturated rings. The van der Waals surface area contributed by atoms with Gasteiger partial charge in [0.05, 0.1) is 12.8 Å². The summed E-state index contributed by atoms with van der Waals surface area (Å²) in [5, 5.41) is 19.3. The Morgan fingerprint density at radius 1 is 1.18 bits per heavy atom. The molecule has 0 atom stereocenters. The van der Waals surface area contributed by atoms with Gasteiger partial charge in [-0.2, -0.15) is 5.10 Å². The SMILES string of the molecule is OCCNc1cc(-c2ccc(F)cc2)cnn1. The van der Waals surface area contributed by atoms with E-state index in [0.29, 0.717) is 12.4 Å². The molecule has 0 aliphatic carbocycles. The molecule has 0 saturated heterocycles.